The third-order valence-corrected chi connectivity index (χ3v) is 2.23. The number of allylic oxidation sites excluding steroid dienone is 1. The summed E-state index contributed by atoms with van der Waals surface area (Å²) in [6.45, 7) is 6.11. The SMILES string of the molecule is C=C[C@@H]1CCC[C@@H]1C. The van der Waals surface area contributed by atoms with Gasteiger partial charge < -0.3 is 0 Å². The fourth-order valence-corrected chi connectivity index (χ4v) is 1.52. The Kier molecular flexibility index (Phi) is 1.72. The zero-order chi connectivity index (χ0) is 5.98. The fourth-order valence-electron chi connectivity index (χ4n) is 1.52. The van der Waals surface area contributed by atoms with Crippen LogP contribution in [0.15, 0.2) is 12.7 Å². The molecule has 0 N–H and O–H groups in total. The molecule has 0 heterocycles. The van der Waals surface area contributed by atoms with E-state index in [4.69, 9.17) is 0 Å². The van der Waals surface area contributed by atoms with Gasteiger partial charge in [-0.2, -0.15) is 0 Å². The minimum absolute atomic E-state index is 0.829. The van der Waals surface area contributed by atoms with Crippen molar-refractivity contribution < 1.29 is 0 Å². The maximum absolute atomic E-state index is 3.79. The summed E-state index contributed by atoms with van der Waals surface area (Å²) in [6, 6.07) is 0. The molecular formula is C8H14. The first kappa shape index (κ1) is 5.87. The Morgan fingerprint density at radius 2 is 2.25 bits per heavy atom. The maximum Gasteiger partial charge on any atom is -0.0210 e. The van der Waals surface area contributed by atoms with Gasteiger partial charge in [-0.15, -0.1) is 6.58 Å². The van der Waals surface area contributed by atoms with Crippen molar-refractivity contribution in [1.29, 1.82) is 0 Å². The van der Waals surface area contributed by atoms with Gasteiger partial charge >= 0.3 is 0 Å². The van der Waals surface area contributed by atoms with Gasteiger partial charge in [-0.3, -0.25) is 0 Å². The van der Waals surface area contributed by atoms with E-state index in [0.717, 1.165) is 11.8 Å². The molecule has 1 fully saturated rings. The lowest BCUT2D eigenvalue weighted by Gasteiger charge is -2.06. The molecule has 2 atom stereocenters. The van der Waals surface area contributed by atoms with E-state index in [0.29, 0.717) is 0 Å². The van der Waals surface area contributed by atoms with Crippen LogP contribution in [0.2, 0.25) is 0 Å². The van der Waals surface area contributed by atoms with Crippen LogP contribution in [0.4, 0.5) is 0 Å². The highest BCUT2D eigenvalue weighted by atomic mass is 14.2. The standard InChI is InChI=1S/C8H14/c1-3-8-6-4-5-7(8)2/h3,7-8H,1,4-6H2,2H3/t7-,8+/m0/s1. The van der Waals surface area contributed by atoms with Crippen molar-refractivity contribution in [2.75, 3.05) is 0 Å². The minimum Gasteiger partial charge on any atom is -0.103 e. The topological polar surface area (TPSA) is 0 Å². The predicted molar refractivity (Wildman–Crippen MR) is 36.7 cm³/mol. The lowest BCUT2D eigenvalue weighted by Crippen LogP contribution is -1.97. The lowest BCUT2D eigenvalue weighted by molar-refractivity contribution is 0.504. The zero-order valence-electron chi connectivity index (χ0n) is 5.56. The quantitative estimate of drug-likeness (QED) is 0.455. The van der Waals surface area contributed by atoms with Crippen molar-refractivity contribution in [2.45, 2.75) is 26.2 Å². The van der Waals surface area contributed by atoms with Crippen LogP contribution in [0, 0.1) is 11.8 Å². The Hall–Kier alpha value is -0.260. The Bertz CT molecular complexity index is 84.0. The number of hydrogen-bond acceptors (Lipinski definition) is 0. The lowest BCUT2D eigenvalue weighted by atomic mass is 9.99. The van der Waals surface area contributed by atoms with Crippen LogP contribution in [0.5, 0.6) is 0 Å². The molecule has 0 amide bonds. The van der Waals surface area contributed by atoms with Crippen LogP contribution in [0.3, 0.4) is 0 Å². The molecule has 0 aromatic heterocycles. The second kappa shape index (κ2) is 2.34. The van der Waals surface area contributed by atoms with Gasteiger partial charge in [0.15, 0.2) is 0 Å². The summed E-state index contributed by atoms with van der Waals surface area (Å²) in [4.78, 5) is 0. The summed E-state index contributed by atoms with van der Waals surface area (Å²) >= 11 is 0. The molecule has 1 saturated carbocycles. The van der Waals surface area contributed by atoms with E-state index in [-0.39, 0.29) is 0 Å². The molecule has 0 spiro atoms. The summed E-state index contributed by atoms with van der Waals surface area (Å²) in [5.74, 6) is 1.74. The molecule has 1 rings (SSSR count). The molecule has 1 aliphatic carbocycles. The van der Waals surface area contributed by atoms with Gasteiger partial charge in [0, 0.05) is 0 Å². The predicted octanol–water partition coefficient (Wildman–Crippen LogP) is 2.61. The average Bonchev–Trinajstić information content (AvgIpc) is 2.14. The van der Waals surface area contributed by atoms with Crippen molar-refractivity contribution in [2.24, 2.45) is 11.8 Å². The molecule has 0 bridgehead atoms. The Balaban J connectivity index is 2.41. The second-order valence-corrected chi connectivity index (χ2v) is 2.81. The largest absolute Gasteiger partial charge is 0.103 e. The van der Waals surface area contributed by atoms with Crippen molar-refractivity contribution in [3.05, 3.63) is 12.7 Å². The molecule has 0 aromatic carbocycles. The molecular weight excluding hydrogens is 96.1 g/mol. The molecule has 0 nitrogen and oxygen atoms in total. The highest BCUT2D eigenvalue weighted by molar-refractivity contribution is 4.86. The van der Waals surface area contributed by atoms with E-state index in [2.05, 4.69) is 19.6 Å². The van der Waals surface area contributed by atoms with Crippen LogP contribution in [0.1, 0.15) is 26.2 Å². The fraction of sp³-hybridized carbons (Fsp3) is 0.750. The molecule has 1 aliphatic rings. The minimum atomic E-state index is 0.829. The van der Waals surface area contributed by atoms with E-state index in [1.54, 1.807) is 0 Å². The molecule has 0 aromatic rings. The van der Waals surface area contributed by atoms with Crippen LogP contribution in [-0.4, -0.2) is 0 Å². The van der Waals surface area contributed by atoms with Crippen molar-refractivity contribution in [1.82, 2.24) is 0 Å². The van der Waals surface area contributed by atoms with Gasteiger partial charge in [0.1, 0.15) is 0 Å². The van der Waals surface area contributed by atoms with Crippen molar-refractivity contribution >= 4 is 0 Å². The molecule has 46 valence electrons. The first-order valence-corrected chi connectivity index (χ1v) is 3.47. The number of hydrogen-bond donors (Lipinski definition) is 0. The van der Waals surface area contributed by atoms with Gasteiger partial charge in [-0.05, 0) is 18.3 Å². The summed E-state index contributed by atoms with van der Waals surface area (Å²) in [6.07, 6.45) is 6.32. The van der Waals surface area contributed by atoms with Gasteiger partial charge in [0.2, 0.25) is 0 Å². The second-order valence-electron chi connectivity index (χ2n) is 2.81. The van der Waals surface area contributed by atoms with Gasteiger partial charge in [0.05, 0.1) is 0 Å². The van der Waals surface area contributed by atoms with E-state index in [9.17, 15) is 0 Å². The number of rotatable bonds is 1. The third-order valence-electron chi connectivity index (χ3n) is 2.23. The average molecular weight is 110 g/mol. The van der Waals surface area contributed by atoms with Crippen LogP contribution >= 0.6 is 0 Å². The molecule has 0 saturated heterocycles. The Morgan fingerprint density at radius 3 is 2.50 bits per heavy atom. The highest BCUT2D eigenvalue weighted by Crippen LogP contribution is 2.31. The van der Waals surface area contributed by atoms with E-state index in [1.165, 1.54) is 19.3 Å². The summed E-state index contributed by atoms with van der Waals surface area (Å²) in [5, 5.41) is 0. The Morgan fingerprint density at radius 1 is 1.50 bits per heavy atom. The summed E-state index contributed by atoms with van der Waals surface area (Å²) in [5.41, 5.74) is 0. The molecule has 0 aliphatic heterocycles. The third kappa shape index (κ3) is 0.936. The first-order chi connectivity index (χ1) is 3.84. The molecule has 0 unspecified atom stereocenters. The summed E-state index contributed by atoms with van der Waals surface area (Å²) < 4.78 is 0. The van der Waals surface area contributed by atoms with Crippen molar-refractivity contribution in [3.8, 4) is 0 Å². The molecule has 8 heavy (non-hydrogen) atoms. The summed E-state index contributed by atoms with van der Waals surface area (Å²) in [7, 11) is 0. The van der Waals surface area contributed by atoms with Gasteiger partial charge in [-0.1, -0.05) is 25.8 Å². The van der Waals surface area contributed by atoms with Gasteiger partial charge in [0.25, 0.3) is 0 Å². The smallest absolute Gasteiger partial charge is 0.0210 e. The van der Waals surface area contributed by atoms with Crippen LogP contribution in [-0.2, 0) is 0 Å². The van der Waals surface area contributed by atoms with E-state index in [1.807, 2.05) is 0 Å². The highest BCUT2D eigenvalue weighted by Gasteiger charge is 2.19. The molecule has 0 heteroatoms. The monoisotopic (exact) mass is 110 g/mol. The Labute approximate surface area is 51.6 Å². The van der Waals surface area contributed by atoms with Gasteiger partial charge in [-0.25, -0.2) is 0 Å². The normalized spacial score (nSPS) is 37.6. The molecule has 0 radical (unpaired) electrons. The van der Waals surface area contributed by atoms with Crippen LogP contribution < -0.4 is 0 Å². The van der Waals surface area contributed by atoms with E-state index >= 15 is 0 Å². The van der Waals surface area contributed by atoms with E-state index < -0.39 is 0 Å². The maximum atomic E-state index is 3.79. The van der Waals surface area contributed by atoms with Crippen LogP contribution in [0.25, 0.3) is 0 Å². The first-order valence-electron chi connectivity index (χ1n) is 3.47. The zero-order valence-corrected chi connectivity index (χ0v) is 5.56. The van der Waals surface area contributed by atoms with Crippen molar-refractivity contribution in [3.63, 3.8) is 0 Å².